The number of hydrogen-bond acceptors (Lipinski definition) is 5. The van der Waals surface area contributed by atoms with Gasteiger partial charge in [-0.2, -0.15) is 0 Å². The molecule has 2 aromatic rings. The summed E-state index contributed by atoms with van der Waals surface area (Å²) in [5.41, 5.74) is 0.662. The SMILES string of the molecule is CC(C)CCCCNc1ccc2nnnn2n1. The highest BCUT2D eigenvalue weighted by atomic mass is 15.6. The van der Waals surface area contributed by atoms with E-state index < -0.39 is 0 Å². The highest BCUT2D eigenvalue weighted by Gasteiger charge is 2.00. The number of hydrogen-bond donors (Lipinski definition) is 1. The number of aromatic nitrogens is 5. The van der Waals surface area contributed by atoms with Gasteiger partial charge < -0.3 is 5.32 Å². The van der Waals surface area contributed by atoms with Crippen LogP contribution >= 0.6 is 0 Å². The summed E-state index contributed by atoms with van der Waals surface area (Å²) in [6.45, 7) is 5.44. The van der Waals surface area contributed by atoms with Gasteiger partial charge in [0.05, 0.1) is 0 Å². The average Bonchev–Trinajstić information content (AvgIpc) is 2.75. The lowest BCUT2D eigenvalue weighted by Gasteiger charge is -2.06. The molecule has 6 nitrogen and oxygen atoms in total. The van der Waals surface area contributed by atoms with Crippen LogP contribution < -0.4 is 5.32 Å². The molecule has 0 spiro atoms. The number of fused-ring (bicyclic) bond motifs is 1. The van der Waals surface area contributed by atoms with Gasteiger partial charge >= 0.3 is 0 Å². The van der Waals surface area contributed by atoms with Gasteiger partial charge in [-0.15, -0.1) is 14.8 Å². The number of unbranched alkanes of at least 4 members (excludes halogenated alkanes) is 1. The summed E-state index contributed by atoms with van der Waals surface area (Å²) in [4.78, 5) is 0. The first-order chi connectivity index (χ1) is 8.25. The molecular weight excluding hydrogens is 216 g/mol. The molecule has 0 unspecified atom stereocenters. The van der Waals surface area contributed by atoms with Crippen molar-refractivity contribution >= 4 is 11.5 Å². The van der Waals surface area contributed by atoms with Gasteiger partial charge in [-0.1, -0.05) is 26.7 Å². The molecule has 2 heterocycles. The second-order valence-electron chi connectivity index (χ2n) is 4.56. The van der Waals surface area contributed by atoms with Gasteiger partial charge in [0.25, 0.3) is 0 Å². The molecule has 0 aromatic carbocycles. The van der Waals surface area contributed by atoms with Crippen molar-refractivity contribution in [3.8, 4) is 0 Å². The normalized spacial score (nSPS) is 11.2. The van der Waals surface area contributed by atoms with E-state index in [0.717, 1.165) is 24.7 Å². The molecular formula is C11H18N6. The van der Waals surface area contributed by atoms with Crippen molar-refractivity contribution in [2.45, 2.75) is 33.1 Å². The lowest BCUT2D eigenvalue weighted by atomic mass is 10.1. The fraction of sp³-hybridized carbons (Fsp3) is 0.636. The average molecular weight is 234 g/mol. The molecule has 0 aliphatic rings. The van der Waals surface area contributed by atoms with Gasteiger partial charge in [-0.3, -0.25) is 0 Å². The molecule has 17 heavy (non-hydrogen) atoms. The number of tetrazole rings is 1. The van der Waals surface area contributed by atoms with Crippen LogP contribution in [0.5, 0.6) is 0 Å². The molecule has 0 saturated heterocycles. The molecule has 0 fully saturated rings. The molecule has 0 aliphatic carbocycles. The number of anilines is 1. The summed E-state index contributed by atoms with van der Waals surface area (Å²) < 4.78 is 1.43. The fourth-order valence-corrected chi connectivity index (χ4v) is 1.64. The van der Waals surface area contributed by atoms with Crippen molar-refractivity contribution in [2.75, 3.05) is 11.9 Å². The minimum Gasteiger partial charge on any atom is -0.369 e. The van der Waals surface area contributed by atoms with Crippen LogP contribution in [-0.2, 0) is 0 Å². The van der Waals surface area contributed by atoms with Gasteiger partial charge in [0.1, 0.15) is 5.82 Å². The monoisotopic (exact) mass is 234 g/mol. The topological polar surface area (TPSA) is 68.0 Å². The van der Waals surface area contributed by atoms with E-state index in [1.54, 1.807) is 0 Å². The van der Waals surface area contributed by atoms with Crippen LogP contribution in [0, 0.1) is 5.92 Å². The smallest absolute Gasteiger partial charge is 0.200 e. The van der Waals surface area contributed by atoms with Crippen LogP contribution in [0.25, 0.3) is 5.65 Å². The summed E-state index contributed by atoms with van der Waals surface area (Å²) in [6, 6.07) is 3.75. The van der Waals surface area contributed by atoms with Crippen molar-refractivity contribution in [2.24, 2.45) is 5.92 Å². The van der Waals surface area contributed by atoms with E-state index in [-0.39, 0.29) is 0 Å². The summed E-state index contributed by atoms with van der Waals surface area (Å²) >= 11 is 0. The Balaban J connectivity index is 1.78. The van der Waals surface area contributed by atoms with Crippen molar-refractivity contribution in [3.05, 3.63) is 12.1 Å². The summed E-state index contributed by atoms with van der Waals surface area (Å²) in [6.07, 6.45) is 3.69. The van der Waals surface area contributed by atoms with E-state index >= 15 is 0 Å². The van der Waals surface area contributed by atoms with Crippen molar-refractivity contribution in [1.29, 1.82) is 0 Å². The van der Waals surface area contributed by atoms with E-state index in [1.807, 2.05) is 12.1 Å². The van der Waals surface area contributed by atoms with Crippen LogP contribution in [0.2, 0.25) is 0 Å². The molecule has 1 N–H and O–H groups in total. The van der Waals surface area contributed by atoms with Crippen LogP contribution in [0.15, 0.2) is 12.1 Å². The summed E-state index contributed by atoms with van der Waals surface area (Å²) in [7, 11) is 0. The molecule has 0 radical (unpaired) electrons. The molecule has 0 amide bonds. The van der Waals surface area contributed by atoms with E-state index in [2.05, 4.69) is 39.8 Å². The zero-order valence-electron chi connectivity index (χ0n) is 10.3. The molecule has 0 atom stereocenters. The molecule has 92 valence electrons. The minimum atomic E-state index is 0.662. The maximum Gasteiger partial charge on any atom is 0.200 e. The zero-order valence-corrected chi connectivity index (χ0v) is 10.3. The Labute approximate surface area is 100 Å². The Bertz CT molecular complexity index is 464. The standard InChI is InChI=1S/C11H18N6/c1-9(2)5-3-4-8-12-10-6-7-11-13-15-16-17(11)14-10/h6-7,9H,3-5,8H2,1-2H3,(H,12,14). The first-order valence-electron chi connectivity index (χ1n) is 6.05. The molecule has 6 heteroatoms. The predicted octanol–water partition coefficient (Wildman–Crippen LogP) is 1.76. The first-order valence-corrected chi connectivity index (χ1v) is 6.05. The lowest BCUT2D eigenvalue weighted by molar-refractivity contribution is 0.544. The minimum absolute atomic E-state index is 0.662. The van der Waals surface area contributed by atoms with Crippen molar-refractivity contribution in [3.63, 3.8) is 0 Å². The third kappa shape index (κ3) is 3.37. The third-order valence-electron chi connectivity index (χ3n) is 2.58. The van der Waals surface area contributed by atoms with Crippen molar-refractivity contribution in [1.82, 2.24) is 25.3 Å². The Kier molecular flexibility index (Phi) is 3.85. The maximum absolute atomic E-state index is 4.24. The van der Waals surface area contributed by atoms with Gasteiger partial charge in [0.15, 0.2) is 5.65 Å². The van der Waals surface area contributed by atoms with Crippen LogP contribution in [0.1, 0.15) is 33.1 Å². The lowest BCUT2D eigenvalue weighted by Crippen LogP contribution is -2.06. The van der Waals surface area contributed by atoms with E-state index in [1.165, 1.54) is 17.5 Å². The molecule has 0 aliphatic heterocycles. The molecule has 2 rings (SSSR count). The quantitative estimate of drug-likeness (QED) is 0.771. The second kappa shape index (κ2) is 5.56. The van der Waals surface area contributed by atoms with Crippen LogP contribution in [0.3, 0.4) is 0 Å². The van der Waals surface area contributed by atoms with Gasteiger partial charge in [-0.25, -0.2) is 0 Å². The van der Waals surface area contributed by atoms with E-state index in [4.69, 9.17) is 0 Å². The summed E-state index contributed by atoms with van der Waals surface area (Å²) in [5, 5.41) is 18.6. The Hall–Kier alpha value is -1.72. The van der Waals surface area contributed by atoms with Crippen LogP contribution in [-0.4, -0.2) is 31.8 Å². The Morgan fingerprint density at radius 1 is 1.29 bits per heavy atom. The maximum atomic E-state index is 4.24. The Morgan fingerprint density at radius 3 is 3.00 bits per heavy atom. The van der Waals surface area contributed by atoms with E-state index in [9.17, 15) is 0 Å². The number of nitrogens with zero attached hydrogens (tertiary/aromatic N) is 5. The molecule has 2 aromatic heterocycles. The van der Waals surface area contributed by atoms with Crippen molar-refractivity contribution < 1.29 is 0 Å². The highest BCUT2D eigenvalue weighted by molar-refractivity contribution is 5.41. The van der Waals surface area contributed by atoms with E-state index in [0.29, 0.717) is 5.65 Å². The van der Waals surface area contributed by atoms with Gasteiger partial charge in [0.2, 0.25) is 0 Å². The summed E-state index contributed by atoms with van der Waals surface area (Å²) in [5.74, 6) is 1.60. The highest BCUT2D eigenvalue weighted by Crippen LogP contribution is 2.07. The largest absolute Gasteiger partial charge is 0.369 e. The predicted molar refractivity (Wildman–Crippen MR) is 65.8 cm³/mol. The Morgan fingerprint density at radius 2 is 2.18 bits per heavy atom. The third-order valence-corrected chi connectivity index (χ3v) is 2.58. The zero-order chi connectivity index (χ0) is 12.1. The number of rotatable bonds is 6. The first kappa shape index (κ1) is 11.8. The van der Waals surface area contributed by atoms with Gasteiger partial charge in [0, 0.05) is 6.54 Å². The van der Waals surface area contributed by atoms with Crippen LogP contribution in [0.4, 0.5) is 5.82 Å². The van der Waals surface area contributed by atoms with Gasteiger partial charge in [-0.05, 0) is 34.9 Å². The second-order valence-corrected chi connectivity index (χ2v) is 4.56. The number of nitrogens with one attached hydrogen (secondary N) is 1. The molecule has 0 saturated carbocycles. The fourth-order valence-electron chi connectivity index (χ4n) is 1.64. The molecule has 0 bridgehead atoms.